The summed E-state index contributed by atoms with van der Waals surface area (Å²) in [5.41, 5.74) is 1.26. The van der Waals surface area contributed by atoms with E-state index in [-0.39, 0.29) is 17.9 Å². The van der Waals surface area contributed by atoms with Crippen LogP contribution in [0.4, 0.5) is 0 Å². The SMILES string of the molecule is COc1ccc(C2(CNC(=O)COc3ccc(Cl)cc3)CCCC2)cc1. The third-order valence-corrected chi connectivity index (χ3v) is 5.32. The quantitative estimate of drug-likeness (QED) is 0.784. The molecular formula is C21H24ClNO3. The van der Waals surface area contributed by atoms with E-state index in [4.69, 9.17) is 21.1 Å². The van der Waals surface area contributed by atoms with E-state index >= 15 is 0 Å². The van der Waals surface area contributed by atoms with E-state index in [2.05, 4.69) is 17.4 Å². The fourth-order valence-corrected chi connectivity index (χ4v) is 3.69. The van der Waals surface area contributed by atoms with Crippen molar-refractivity contribution in [3.63, 3.8) is 0 Å². The molecule has 0 atom stereocenters. The molecule has 1 aliphatic rings. The molecule has 0 saturated heterocycles. The number of benzene rings is 2. The minimum Gasteiger partial charge on any atom is -0.497 e. The summed E-state index contributed by atoms with van der Waals surface area (Å²) in [4.78, 5) is 12.2. The molecule has 138 valence electrons. The van der Waals surface area contributed by atoms with Crippen molar-refractivity contribution in [2.75, 3.05) is 20.3 Å². The van der Waals surface area contributed by atoms with Gasteiger partial charge in [0.2, 0.25) is 0 Å². The minimum atomic E-state index is -0.111. The number of ether oxygens (including phenoxy) is 2. The molecule has 0 aromatic heterocycles. The lowest BCUT2D eigenvalue weighted by Gasteiger charge is -2.30. The average Bonchev–Trinajstić information content (AvgIpc) is 3.16. The molecular weight excluding hydrogens is 350 g/mol. The predicted octanol–water partition coefficient (Wildman–Crippen LogP) is 4.36. The van der Waals surface area contributed by atoms with Gasteiger partial charge in [0, 0.05) is 17.0 Å². The maximum atomic E-state index is 12.2. The van der Waals surface area contributed by atoms with Crippen molar-refractivity contribution in [2.45, 2.75) is 31.1 Å². The highest BCUT2D eigenvalue weighted by Crippen LogP contribution is 2.41. The van der Waals surface area contributed by atoms with Gasteiger partial charge in [0.25, 0.3) is 5.91 Å². The molecule has 0 heterocycles. The van der Waals surface area contributed by atoms with Crippen LogP contribution in [0, 0.1) is 0 Å². The molecule has 2 aromatic rings. The predicted molar refractivity (Wildman–Crippen MR) is 103 cm³/mol. The number of carbonyl (C=O) groups excluding carboxylic acids is 1. The van der Waals surface area contributed by atoms with Gasteiger partial charge in [-0.2, -0.15) is 0 Å². The average molecular weight is 374 g/mol. The van der Waals surface area contributed by atoms with Crippen LogP contribution in [0.5, 0.6) is 11.5 Å². The van der Waals surface area contributed by atoms with Crippen molar-refractivity contribution >= 4 is 17.5 Å². The van der Waals surface area contributed by atoms with E-state index in [1.54, 1.807) is 31.4 Å². The highest BCUT2D eigenvalue weighted by Gasteiger charge is 2.35. The van der Waals surface area contributed by atoms with E-state index in [9.17, 15) is 4.79 Å². The Balaban J connectivity index is 1.57. The fraction of sp³-hybridized carbons (Fsp3) is 0.381. The van der Waals surface area contributed by atoms with Crippen LogP contribution in [0.2, 0.25) is 5.02 Å². The summed E-state index contributed by atoms with van der Waals surface area (Å²) < 4.78 is 10.8. The first-order valence-electron chi connectivity index (χ1n) is 8.91. The van der Waals surface area contributed by atoms with Crippen molar-refractivity contribution in [1.29, 1.82) is 0 Å². The van der Waals surface area contributed by atoms with E-state index < -0.39 is 0 Å². The van der Waals surface area contributed by atoms with Crippen molar-refractivity contribution in [2.24, 2.45) is 0 Å². The number of rotatable bonds is 7. The molecule has 1 amide bonds. The summed E-state index contributed by atoms with van der Waals surface area (Å²) >= 11 is 5.85. The Labute approximate surface area is 159 Å². The molecule has 5 heteroatoms. The molecule has 0 aliphatic heterocycles. The number of methoxy groups -OCH3 is 1. The van der Waals surface area contributed by atoms with Gasteiger partial charge in [-0.25, -0.2) is 0 Å². The van der Waals surface area contributed by atoms with E-state index in [1.807, 2.05) is 12.1 Å². The van der Waals surface area contributed by atoms with Gasteiger partial charge >= 0.3 is 0 Å². The van der Waals surface area contributed by atoms with Gasteiger partial charge in [-0.05, 0) is 54.8 Å². The summed E-state index contributed by atoms with van der Waals surface area (Å²) in [6.45, 7) is 0.627. The zero-order chi connectivity index (χ0) is 18.4. The van der Waals surface area contributed by atoms with Gasteiger partial charge in [-0.1, -0.05) is 36.6 Å². The van der Waals surface area contributed by atoms with Crippen molar-refractivity contribution < 1.29 is 14.3 Å². The van der Waals surface area contributed by atoms with E-state index in [1.165, 1.54) is 18.4 Å². The second kappa shape index (κ2) is 8.45. The first kappa shape index (κ1) is 18.6. The molecule has 1 fully saturated rings. The summed E-state index contributed by atoms with van der Waals surface area (Å²) in [7, 11) is 1.67. The molecule has 2 aromatic carbocycles. The second-order valence-corrected chi connectivity index (χ2v) is 7.17. The highest BCUT2D eigenvalue weighted by atomic mass is 35.5. The molecule has 4 nitrogen and oxygen atoms in total. The van der Waals surface area contributed by atoms with E-state index in [0.29, 0.717) is 17.3 Å². The third kappa shape index (κ3) is 4.50. The van der Waals surface area contributed by atoms with Crippen molar-refractivity contribution in [1.82, 2.24) is 5.32 Å². The van der Waals surface area contributed by atoms with Crippen LogP contribution in [0.25, 0.3) is 0 Å². The summed E-state index contributed by atoms with van der Waals surface area (Å²) in [6, 6.07) is 15.2. The molecule has 26 heavy (non-hydrogen) atoms. The van der Waals surface area contributed by atoms with Crippen LogP contribution in [0.15, 0.2) is 48.5 Å². The molecule has 0 bridgehead atoms. The lowest BCUT2D eigenvalue weighted by atomic mass is 9.79. The molecule has 0 unspecified atom stereocenters. The number of halogens is 1. The minimum absolute atomic E-state index is 0.000322. The fourth-order valence-electron chi connectivity index (χ4n) is 3.56. The Bertz CT molecular complexity index is 722. The summed E-state index contributed by atoms with van der Waals surface area (Å²) in [5.74, 6) is 1.37. The van der Waals surface area contributed by atoms with Crippen LogP contribution in [0.1, 0.15) is 31.2 Å². The second-order valence-electron chi connectivity index (χ2n) is 6.74. The maximum absolute atomic E-state index is 12.2. The summed E-state index contributed by atoms with van der Waals surface area (Å²) in [6.07, 6.45) is 4.53. The van der Waals surface area contributed by atoms with Gasteiger partial charge < -0.3 is 14.8 Å². The number of carbonyl (C=O) groups is 1. The van der Waals surface area contributed by atoms with Gasteiger partial charge in [0.05, 0.1) is 7.11 Å². The van der Waals surface area contributed by atoms with Gasteiger partial charge in [0.15, 0.2) is 6.61 Å². The number of nitrogens with one attached hydrogen (secondary N) is 1. The van der Waals surface area contributed by atoms with Crippen LogP contribution in [0.3, 0.4) is 0 Å². The van der Waals surface area contributed by atoms with Gasteiger partial charge in [-0.3, -0.25) is 4.79 Å². The Hall–Kier alpha value is -2.20. The Kier molecular flexibility index (Phi) is 6.04. The Morgan fingerprint density at radius 2 is 1.65 bits per heavy atom. The largest absolute Gasteiger partial charge is 0.497 e. The lowest BCUT2D eigenvalue weighted by molar-refractivity contribution is -0.123. The molecule has 1 saturated carbocycles. The number of hydrogen-bond acceptors (Lipinski definition) is 3. The Morgan fingerprint density at radius 1 is 1.04 bits per heavy atom. The van der Waals surface area contributed by atoms with E-state index in [0.717, 1.165) is 18.6 Å². The summed E-state index contributed by atoms with van der Waals surface area (Å²) in [5, 5.41) is 3.70. The number of hydrogen-bond donors (Lipinski definition) is 1. The van der Waals surface area contributed by atoms with Crippen molar-refractivity contribution in [3.05, 3.63) is 59.1 Å². The van der Waals surface area contributed by atoms with Gasteiger partial charge in [0.1, 0.15) is 11.5 Å². The third-order valence-electron chi connectivity index (χ3n) is 5.07. The molecule has 1 aliphatic carbocycles. The van der Waals surface area contributed by atoms with Gasteiger partial charge in [-0.15, -0.1) is 0 Å². The van der Waals surface area contributed by atoms with Crippen LogP contribution < -0.4 is 14.8 Å². The topological polar surface area (TPSA) is 47.6 Å². The normalized spacial score (nSPS) is 15.5. The first-order valence-corrected chi connectivity index (χ1v) is 9.29. The zero-order valence-corrected chi connectivity index (χ0v) is 15.7. The highest BCUT2D eigenvalue weighted by molar-refractivity contribution is 6.30. The standard InChI is InChI=1S/C21H24ClNO3/c1-25-18-8-4-16(5-9-18)21(12-2-3-13-21)15-23-20(24)14-26-19-10-6-17(22)7-11-19/h4-11H,2-3,12-15H2,1H3,(H,23,24). The Morgan fingerprint density at radius 3 is 2.27 bits per heavy atom. The van der Waals surface area contributed by atoms with Crippen molar-refractivity contribution in [3.8, 4) is 11.5 Å². The smallest absolute Gasteiger partial charge is 0.257 e. The van der Waals surface area contributed by atoms with Crippen LogP contribution in [-0.2, 0) is 10.2 Å². The maximum Gasteiger partial charge on any atom is 0.257 e. The monoisotopic (exact) mass is 373 g/mol. The first-order chi connectivity index (χ1) is 12.6. The van der Waals surface area contributed by atoms with Crippen LogP contribution in [-0.4, -0.2) is 26.2 Å². The number of amides is 1. The molecule has 0 spiro atoms. The van der Waals surface area contributed by atoms with Crippen LogP contribution >= 0.6 is 11.6 Å². The molecule has 0 radical (unpaired) electrons. The lowest BCUT2D eigenvalue weighted by Crippen LogP contribution is -2.40. The molecule has 1 N–H and O–H groups in total. The zero-order valence-electron chi connectivity index (χ0n) is 15.0. The molecule has 3 rings (SSSR count).